The van der Waals surface area contributed by atoms with Gasteiger partial charge in [-0.2, -0.15) is 18.3 Å². The van der Waals surface area contributed by atoms with Crippen LogP contribution in [0.5, 0.6) is 0 Å². The van der Waals surface area contributed by atoms with E-state index < -0.39 is 52.0 Å². The number of aryl methyl sites for hydroxylation is 1. The molecule has 1 aromatic heterocycles. The summed E-state index contributed by atoms with van der Waals surface area (Å²) in [5.74, 6) is -2.43. The molecule has 0 aliphatic rings. The lowest BCUT2D eigenvalue weighted by Gasteiger charge is -2.26. The number of hydrogen-bond donors (Lipinski definition) is 1. The highest BCUT2D eigenvalue weighted by molar-refractivity contribution is 7.90. The van der Waals surface area contributed by atoms with E-state index in [1.807, 2.05) is 11.6 Å². The van der Waals surface area contributed by atoms with Crippen LogP contribution in [0.3, 0.4) is 0 Å². The second-order valence-electron chi connectivity index (χ2n) is 11.2. The molecular weight excluding hydrogens is 669 g/mol. The van der Waals surface area contributed by atoms with Gasteiger partial charge in [-0.3, -0.25) is 9.63 Å². The molecule has 0 aliphatic heterocycles. The van der Waals surface area contributed by atoms with Gasteiger partial charge in [-0.15, -0.1) is 5.01 Å². The van der Waals surface area contributed by atoms with E-state index in [4.69, 9.17) is 9.57 Å². The number of sulfonamides is 1. The van der Waals surface area contributed by atoms with Crippen molar-refractivity contribution < 1.29 is 45.7 Å². The summed E-state index contributed by atoms with van der Waals surface area (Å²) in [4.78, 5) is 29.8. The second-order valence-corrected chi connectivity index (χ2v) is 12.9. The van der Waals surface area contributed by atoms with Gasteiger partial charge in [-0.25, -0.2) is 22.6 Å². The largest absolute Gasteiger partial charge is 0.569 e. The highest BCUT2D eigenvalue weighted by Gasteiger charge is 2.36. The van der Waals surface area contributed by atoms with Gasteiger partial charge in [0.1, 0.15) is 0 Å². The molecule has 1 amide bonds. The minimum atomic E-state index is -4.73. The summed E-state index contributed by atoms with van der Waals surface area (Å²) in [6.45, 7) is 6.27. The number of carbonyl (C=O) groups excluding carboxylic acids is 2. The number of rotatable bonds is 12. The number of amides is 1. The monoisotopic (exact) mass is 702 g/mol. The average molecular weight is 703 g/mol. The molecule has 1 N–H and O–H groups in total. The van der Waals surface area contributed by atoms with E-state index in [2.05, 4.69) is 10.4 Å². The predicted molar refractivity (Wildman–Crippen MR) is 169 cm³/mol. The van der Waals surface area contributed by atoms with E-state index in [1.165, 1.54) is 38.2 Å². The minimum Gasteiger partial charge on any atom is -0.569 e. The van der Waals surface area contributed by atoms with Crippen LogP contribution >= 0.6 is 0 Å². The summed E-state index contributed by atoms with van der Waals surface area (Å²) < 4.78 is 75.2. The number of nitrogens with one attached hydrogen (secondary N) is 1. The Morgan fingerprint density at radius 2 is 1.61 bits per heavy atom. The zero-order valence-corrected chi connectivity index (χ0v) is 27.8. The van der Waals surface area contributed by atoms with Crippen LogP contribution in [-0.2, 0) is 30.6 Å². The standard InChI is InChI=1S/C32H33F3N6O7S/c1-20(2)29(39(5)41(44)38-48-22(4)47-31(43)24-9-7-6-8-10-24)30(42)37-49(45,46)26-17-15-25(16-18-26)40-27(19-28(36-40)32(33,34)35)23-13-11-21(3)12-14-23/h6-20,22,29H,1-5H3,(H,37,42)/b41-38+/t22?,29-/m0/s1. The fourth-order valence-electron chi connectivity index (χ4n) is 4.65. The number of hydrogen-bond acceptors (Lipinski definition) is 9. The molecule has 1 unspecified atom stereocenters. The van der Waals surface area contributed by atoms with Gasteiger partial charge >= 0.3 is 12.1 Å². The Labute approximate surface area is 280 Å². The number of alkyl halides is 3. The molecule has 4 aromatic rings. The van der Waals surface area contributed by atoms with Crippen LogP contribution in [0.4, 0.5) is 13.2 Å². The first-order valence-electron chi connectivity index (χ1n) is 14.7. The number of hydrazine groups is 1. The summed E-state index contributed by atoms with van der Waals surface area (Å²) in [7, 11) is -3.34. The Morgan fingerprint density at radius 1 is 1.00 bits per heavy atom. The van der Waals surface area contributed by atoms with Crippen molar-refractivity contribution in [3.05, 3.63) is 107 Å². The van der Waals surface area contributed by atoms with Crippen molar-refractivity contribution >= 4 is 21.9 Å². The number of ether oxygens (including phenoxy) is 1. The molecular formula is C32H33F3N6O7S. The van der Waals surface area contributed by atoms with Crippen molar-refractivity contribution in [1.82, 2.24) is 19.5 Å². The number of likely N-dealkylation sites (N-methyl/N-ethyl adjacent to an activating group) is 1. The predicted octanol–water partition coefficient (Wildman–Crippen LogP) is 5.64. The van der Waals surface area contributed by atoms with Gasteiger partial charge in [0.15, 0.2) is 11.7 Å². The number of benzene rings is 3. The first-order chi connectivity index (χ1) is 23.0. The maximum atomic E-state index is 13.6. The molecule has 0 spiro atoms. The normalized spacial score (nSPS) is 13.4. The van der Waals surface area contributed by atoms with Crippen LogP contribution in [0, 0.1) is 18.0 Å². The van der Waals surface area contributed by atoms with E-state index in [1.54, 1.807) is 56.3 Å². The van der Waals surface area contributed by atoms with Crippen molar-refractivity contribution in [3.8, 4) is 16.9 Å². The number of halogens is 3. The van der Waals surface area contributed by atoms with Crippen molar-refractivity contribution in [2.24, 2.45) is 11.2 Å². The lowest BCUT2D eigenvalue weighted by atomic mass is 10.0. The molecule has 0 bridgehead atoms. The molecule has 13 nitrogen and oxygen atoms in total. The smallest absolute Gasteiger partial charge is 0.435 e. The SMILES string of the molecule is Cc1ccc(-c2cc(C(F)(F)F)nn2-c2ccc(S(=O)(=O)NC(=O)[C@H](C(C)C)N(C)/[N+]([O-])=N\OC(C)OC(=O)c3ccccc3)cc2)cc1. The van der Waals surface area contributed by atoms with Gasteiger partial charge in [0.25, 0.3) is 22.2 Å². The lowest BCUT2D eigenvalue weighted by Crippen LogP contribution is -2.51. The molecule has 2 atom stereocenters. The van der Waals surface area contributed by atoms with Crippen LogP contribution in [0.25, 0.3) is 16.9 Å². The molecule has 0 radical (unpaired) electrons. The fourth-order valence-corrected chi connectivity index (χ4v) is 5.65. The summed E-state index contributed by atoms with van der Waals surface area (Å²) >= 11 is 0. The maximum absolute atomic E-state index is 13.6. The Hall–Kier alpha value is -5.45. The molecule has 0 saturated carbocycles. The fraction of sp³-hybridized carbons (Fsp3) is 0.281. The van der Waals surface area contributed by atoms with Crippen molar-refractivity contribution in [1.29, 1.82) is 0 Å². The molecule has 4 rings (SSSR count). The number of carbonyl (C=O) groups is 2. The van der Waals surface area contributed by atoms with Crippen molar-refractivity contribution in [2.75, 3.05) is 7.05 Å². The maximum Gasteiger partial charge on any atom is 0.435 e. The molecule has 1 heterocycles. The zero-order valence-electron chi connectivity index (χ0n) is 27.0. The van der Waals surface area contributed by atoms with Crippen LogP contribution in [0.15, 0.2) is 95.1 Å². The molecule has 49 heavy (non-hydrogen) atoms. The van der Waals surface area contributed by atoms with Crippen LogP contribution in [0.1, 0.15) is 42.4 Å². The Morgan fingerprint density at radius 3 is 2.18 bits per heavy atom. The van der Waals surface area contributed by atoms with Crippen LogP contribution in [0.2, 0.25) is 0 Å². The highest BCUT2D eigenvalue weighted by atomic mass is 32.2. The van der Waals surface area contributed by atoms with E-state index >= 15 is 0 Å². The molecule has 17 heteroatoms. The number of nitrogens with zero attached hydrogens (tertiary/aromatic N) is 5. The zero-order chi connectivity index (χ0) is 36.1. The number of esters is 1. The van der Waals surface area contributed by atoms with E-state index in [9.17, 15) is 36.4 Å². The van der Waals surface area contributed by atoms with E-state index in [0.29, 0.717) is 5.56 Å². The van der Waals surface area contributed by atoms with E-state index in [-0.39, 0.29) is 26.8 Å². The lowest BCUT2D eigenvalue weighted by molar-refractivity contribution is -0.713. The Kier molecular flexibility index (Phi) is 11.0. The summed E-state index contributed by atoms with van der Waals surface area (Å²) in [6.07, 6.45) is -6.02. The first kappa shape index (κ1) is 36.4. The van der Waals surface area contributed by atoms with Gasteiger partial charge in [0.05, 0.1) is 33.9 Å². The van der Waals surface area contributed by atoms with Gasteiger partial charge in [-0.05, 0) is 55.3 Å². The van der Waals surface area contributed by atoms with Crippen LogP contribution in [-0.4, -0.2) is 59.4 Å². The molecule has 3 aromatic carbocycles. The quantitative estimate of drug-likeness (QED) is 0.0649. The summed E-state index contributed by atoms with van der Waals surface area (Å²) in [5, 5.41) is 20.5. The van der Waals surface area contributed by atoms with Crippen molar-refractivity contribution in [3.63, 3.8) is 0 Å². The Balaban J connectivity index is 1.49. The molecule has 0 saturated heterocycles. The molecule has 260 valence electrons. The average Bonchev–Trinajstić information content (AvgIpc) is 3.50. The number of aromatic nitrogens is 2. The summed E-state index contributed by atoms with van der Waals surface area (Å²) in [5.41, 5.74) is 0.709. The van der Waals surface area contributed by atoms with Gasteiger partial charge in [0, 0.05) is 12.5 Å². The highest BCUT2D eigenvalue weighted by Crippen LogP contribution is 2.33. The van der Waals surface area contributed by atoms with Gasteiger partial charge in [-0.1, -0.05) is 61.9 Å². The molecule has 0 fully saturated rings. The minimum absolute atomic E-state index is 0.0938. The Bertz CT molecular complexity index is 1920. The molecule has 0 aliphatic carbocycles. The third-order valence-electron chi connectivity index (χ3n) is 7.09. The first-order valence-corrected chi connectivity index (χ1v) is 16.2. The topological polar surface area (TPSA) is 158 Å². The van der Waals surface area contributed by atoms with E-state index in [0.717, 1.165) is 33.5 Å². The third-order valence-corrected chi connectivity index (χ3v) is 8.46. The third kappa shape index (κ3) is 8.92. The van der Waals surface area contributed by atoms with Gasteiger partial charge in [0.2, 0.25) is 5.28 Å². The van der Waals surface area contributed by atoms with Crippen molar-refractivity contribution in [2.45, 2.75) is 51.1 Å². The van der Waals surface area contributed by atoms with Crippen LogP contribution < -0.4 is 4.72 Å². The second kappa shape index (κ2) is 14.8. The van der Waals surface area contributed by atoms with Gasteiger partial charge < -0.3 is 9.94 Å². The summed E-state index contributed by atoms with van der Waals surface area (Å²) in [6, 6.07) is 19.0.